The number of carbonyl (C=O) groups is 1. The van der Waals surface area contributed by atoms with Gasteiger partial charge in [-0.3, -0.25) is 9.78 Å². The Balaban J connectivity index is 2.41. The maximum atomic E-state index is 11.7. The monoisotopic (exact) mass is 240 g/mol. The number of nitrogens with two attached hydrogens (primary N) is 1. The van der Waals surface area contributed by atoms with E-state index >= 15 is 0 Å². The summed E-state index contributed by atoms with van der Waals surface area (Å²) in [6.45, 7) is 2.36. The summed E-state index contributed by atoms with van der Waals surface area (Å²) in [7, 11) is 0. The fourth-order valence-corrected chi connectivity index (χ4v) is 1.82. The second kappa shape index (κ2) is 5.56. The Bertz CT molecular complexity index is 564. The molecule has 3 nitrogen and oxygen atoms in total. The van der Waals surface area contributed by atoms with Crippen molar-refractivity contribution in [3.8, 4) is 11.3 Å². The minimum atomic E-state index is 0.133. The van der Waals surface area contributed by atoms with Crippen LogP contribution in [-0.4, -0.2) is 10.8 Å². The van der Waals surface area contributed by atoms with Crippen LogP contribution in [0.1, 0.15) is 29.3 Å². The Morgan fingerprint density at radius 3 is 2.83 bits per heavy atom. The van der Waals surface area contributed by atoms with Gasteiger partial charge in [-0.05, 0) is 23.8 Å². The Morgan fingerprint density at radius 2 is 2.11 bits per heavy atom. The van der Waals surface area contributed by atoms with Crippen LogP contribution in [0.4, 0.5) is 0 Å². The van der Waals surface area contributed by atoms with Crippen LogP contribution in [0.25, 0.3) is 11.3 Å². The summed E-state index contributed by atoms with van der Waals surface area (Å²) in [5.74, 6) is 0.133. The van der Waals surface area contributed by atoms with Crippen LogP contribution in [-0.2, 0) is 6.54 Å². The second-order valence-corrected chi connectivity index (χ2v) is 4.11. The molecule has 0 atom stereocenters. The van der Waals surface area contributed by atoms with Gasteiger partial charge in [-0.25, -0.2) is 0 Å². The standard InChI is InChI=1S/C15H16N2O/c1-2-15(18)13-6-7-17-14(9-13)12-5-3-4-11(8-12)10-16/h3-9H,2,10,16H2,1H3. The number of rotatable bonds is 4. The maximum Gasteiger partial charge on any atom is 0.162 e. The van der Waals surface area contributed by atoms with Gasteiger partial charge in [0.15, 0.2) is 5.78 Å². The summed E-state index contributed by atoms with van der Waals surface area (Å²) in [5.41, 5.74) is 9.19. The quantitative estimate of drug-likeness (QED) is 0.836. The zero-order valence-electron chi connectivity index (χ0n) is 10.4. The van der Waals surface area contributed by atoms with Gasteiger partial charge in [-0.1, -0.05) is 25.1 Å². The largest absolute Gasteiger partial charge is 0.326 e. The first-order valence-electron chi connectivity index (χ1n) is 6.03. The van der Waals surface area contributed by atoms with E-state index in [0.29, 0.717) is 18.5 Å². The highest BCUT2D eigenvalue weighted by Gasteiger charge is 2.06. The molecular formula is C15H16N2O. The zero-order valence-corrected chi connectivity index (χ0v) is 10.4. The van der Waals surface area contributed by atoms with Gasteiger partial charge in [0, 0.05) is 30.3 Å². The molecule has 0 amide bonds. The van der Waals surface area contributed by atoms with Crippen LogP contribution < -0.4 is 5.73 Å². The lowest BCUT2D eigenvalue weighted by atomic mass is 10.0. The van der Waals surface area contributed by atoms with Gasteiger partial charge in [-0.15, -0.1) is 0 Å². The maximum absolute atomic E-state index is 11.7. The van der Waals surface area contributed by atoms with Crippen molar-refractivity contribution >= 4 is 5.78 Å². The van der Waals surface area contributed by atoms with Gasteiger partial charge < -0.3 is 5.73 Å². The summed E-state index contributed by atoms with van der Waals surface area (Å²) >= 11 is 0. The first-order chi connectivity index (χ1) is 8.74. The molecule has 2 N–H and O–H groups in total. The predicted molar refractivity (Wildman–Crippen MR) is 72.2 cm³/mol. The van der Waals surface area contributed by atoms with Crippen LogP contribution in [0.3, 0.4) is 0 Å². The van der Waals surface area contributed by atoms with E-state index in [1.165, 1.54) is 0 Å². The number of carbonyl (C=O) groups excluding carboxylic acids is 1. The summed E-state index contributed by atoms with van der Waals surface area (Å²) in [4.78, 5) is 16.0. The molecule has 1 aromatic carbocycles. The molecule has 2 aromatic rings. The average Bonchev–Trinajstić information content (AvgIpc) is 2.46. The minimum absolute atomic E-state index is 0.133. The number of benzene rings is 1. The van der Waals surface area contributed by atoms with E-state index in [2.05, 4.69) is 4.98 Å². The molecule has 0 radical (unpaired) electrons. The molecule has 0 unspecified atom stereocenters. The molecule has 0 aliphatic heterocycles. The molecule has 0 spiro atoms. The van der Waals surface area contributed by atoms with Crippen molar-refractivity contribution in [2.24, 2.45) is 5.73 Å². The topological polar surface area (TPSA) is 56.0 Å². The second-order valence-electron chi connectivity index (χ2n) is 4.11. The first-order valence-corrected chi connectivity index (χ1v) is 6.03. The fourth-order valence-electron chi connectivity index (χ4n) is 1.82. The highest BCUT2D eigenvalue weighted by Crippen LogP contribution is 2.19. The van der Waals surface area contributed by atoms with E-state index in [-0.39, 0.29) is 5.78 Å². The lowest BCUT2D eigenvalue weighted by Crippen LogP contribution is -1.99. The molecule has 1 aromatic heterocycles. The predicted octanol–water partition coefficient (Wildman–Crippen LogP) is 2.80. The van der Waals surface area contributed by atoms with Gasteiger partial charge in [-0.2, -0.15) is 0 Å². The Morgan fingerprint density at radius 1 is 1.28 bits per heavy atom. The Labute approximate surface area is 107 Å². The van der Waals surface area contributed by atoms with Gasteiger partial charge in [0.25, 0.3) is 0 Å². The number of ketones is 1. The van der Waals surface area contributed by atoms with Gasteiger partial charge in [0.2, 0.25) is 0 Å². The third kappa shape index (κ3) is 2.63. The van der Waals surface area contributed by atoms with Crippen molar-refractivity contribution in [3.05, 3.63) is 53.7 Å². The molecular weight excluding hydrogens is 224 g/mol. The van der Waals surface area contributed by atoms with Crippen LogP contribution in [0.5, 0.6) is 0 Å². The molecule has 3 heteroatoms. The third-order valence-corrected chi connectivity index (χ3v) is 2.86. The van der Waals surface area contributed by atoms with E-state index in [1.54, 1.807) is 12.3 Å². The highest BCUT2D eigenvalue weighted by atomic mass is 16.1. The van der Waals surface area contributed by atoms with E-state index in [4.69, 9.17) is 5.73 Å². The van der Waals surface area contributed by atoms with E-state index in [1.807, 2.05) is 37.3 Å². The minimum Gasteiger partial charge on any atom is -0.326 e. The normalized spacial score (nSPS) is 10.3. The van der Waals surface area contributed by atoms with Crippen LogP contribution >= 0.6 is 0 Å². The van der Waals surface area contributed by atoms with Crippen molar-refractivity contribution in [3.63, 3.8) is 0 Å². The first kappa shape index (κ1) is 12.5. The van der Waals surface area contributed by atoms with Gasteiger partial charge in [0.05, 0.1) is 5.69 Å². The van der Waals surface area contributed by atoms with E-state index < -0.39 is 0 Å². The molecule has 0 saturated heterocycles. The number of hydrogen-bond donors (Lipinski definition) is 1. The highest BCUT2D eigenvalue weighted by molar-refractivity contribution is 5.96. The van der Waals surface area contributed by atoms with Crippen molar-refractivity contribution in [2.45, 2.75) is 19.9 Å². The van der Waals surface area contributed by atoms with Crippen LogP contribution in [0.15, 0.2) is 42.6 Å². The number of aromatic nitrogens is 1. The number of hydrogen-bond acceptors (Lipinski definition) is 3. The smallest absolute Gasteiger partial charge is 0.162 e. The lowest BCUT2D eigenvalue weighted by Gasteiger charge is -2.05. The van der Waals surface area contributed by atoms with Crippen LogP contribution in [0.2, 0.25) is 0 Å². The Hall–Kier alpha value is -2.00. The lowest BCUT2D eigenvalue weighted by molar-refractivity contribution is 0.0988. The summed E-state index contributed by atoms with van der Waals surface area (Å²) in [5, 5.41) is 0. The number of pyridine rings is 1. The van der Waals surface area contributed by atoms with Crippen molar-refractivity contribution in [1.29, 1.82) is 0 Å². The fraction of sp³-hybridized carbons (Fsp3) is 0.200. The van der Waals surface area contributed by atoms with Crippen molar-refractivity contribution in [2.75, 3.05) is 0 Å². The molecule has 92 valence electrons. The summed E-state index contributed by atoms with van der Waals surface area (Å²) in [6, 6.07) is 11.5. The van der Waals surface area contributed by atoms with E-state index in [9.17, 15) is 4.79 Å². The molecule has 0 saturated carbocycles. The molecule has 0 fully saturated rings. The molecule has 0 aliphatic rings. The van der Waals surface area contributed by atoms with Crippen LogP contribution in [0, 0.1) is 0 Å². The summed E-state index contributed by atoms with van der Waals surface area (Å²) < 4.78 is 0. The van der Waals surface area contributed by atoms with Crippen molar-refractivity contribution in [1.82, 2.24) is 4.98 Å². The number of Topliss-reactive ketones (excluding diaryl/α,β-unsaturated/α-hetero) is 1. The molecule has 0 aliphatic carbocycles. The molecule has 1 heterocycles. The molecule has 0 bridgehead atoms. The van der Waals surface area contributed by atoms with E-state index in [0.717, 1.165) is 16.8 Å². The molecule has 2 rings (SSSR count). The van der Waals surface area contributed by atoms with Gasteiger partial charge in [0.1, 0.15) is 0 Å². The third-order valence-electron chi connectivity index (χ3n) is 2.86. The SMILES string of the molecule is CCC(=O)c1ccnc(-c2cccc(CN)c2)c1. The summed E-state index contributed by atoms with van der Waals surface area (Å²) in [6.07, 6.45) is 2.18. The number of nitrogens with zero attached hydrogens (tertiary/aromatic N) is 1. The van der Waals surface area contributed by atoms with Gasteiger partial charge >= 0.3 is 0 Å². The van der Waals surface area contributed by atoms with Crippen molar-refractivity contribution < 1.29 is 4.79 Å². The Kier molecular flexibility index (Phi) is 3.85. The zero-order chi connectivity index (χ0) is 13.0. The average molecular weight is 240 g/mol. The molecule has 18 heavy (non-hydrogen) atoms.